The molecule has 0 aromatic rings. The van der Waals surface area contributed by atoms with Crippen molar-refractivity contribution in [1.82, 2.24) is 10.2 Å². The van der Waals surface area contributed by atoms with Crippen LogP contribution in [0.15, 0.2) is 6.08 Å². The highest BCUT2D eigenvalue weighted by atomic mass is 16.5. The zero-order valence-corrected chi connectivity index (χ0v) is 16.6. The predicted molar refractivity (Wildman–Crippen MR) is 99.2 cm³/mol. The zero-order chi connectivity index (χ0) is 20.2. The number of likely N-dealkylation sites (N-methyl/N-ethyl adjacent to an activating group) is 1. The van der Waals surface area contributed by atoms with Crippen LogP contribution in [0.25, 0.3) is 0 Å². The van der Waals surface area contributed by atoms with Gasteiger partial charge in [-0.3, -0.25) is 9.59 Å². The number of amides is 2. The number of rotatable bonds is 13. The highest BCUT2D eigenvalue weighted by Gasteiger charge is 2.23. The van der Waals surface area contributed by atoms with E-state index >= 15 is 0 Å². The first-order chi connectivity index (χ1) is 12.0. The van der Waals surface area contributed by atoms with Crippen LogP contribution < -0.4 is 5.32 Å². The lowest BCUT2D eigenvalue weighted by atomic mass is 9.90. The Morgan fingerprint density at radius 2 is 1.77 bits per heavy atom. The molecule has 0 spiro atoms. The number of nitrogens with one attached hydrogen (secondary N) is 1. The van der Waals surface area contributed by atoms with Crippen molar-refractivity contribution in [2.24, 2.45) is 10.8 Å². The Morgan fingerprint density at radius 1 is 1.15 bits per heavy atom. The van der Waals surface area contributed by atoms with Gasteiger partial charge >= 0.3 is 0 Å². The van der Waals surface area contributed by atoms with E-state index in [1.807, 2.05) is 27.7 Å². The Bertz CT molecular complexity index is 522. The summed E-state index contributed by atoms with van der Waals surface area (Å²) in [5.74, 6) is 0.931. The van der Waals surface area contributed by atoms with Crippen molar-refractivity contribution in [2.75, 3.05) is 33.4 Å². The van der Waals surface area contributed by atoms with Gasteiger partial charge < -0.3 is 19.7 Å². The molecule has 0 aromatic carbocycles. The topological polar surface area (TPSA) is 92.8 Å². The minimum Gasteiger partial charge on any atom is -0.380 e. The Labute approximate surface area is 156 Å². The van der Waals surface area contributed by atoms with Gasteiger partial charge in [0.2, 0.25) is 5.91 Å². The molecule has 0 heterocycles. The Morgan fingerprint density at radius 3 is 2.35 bits per heavy atom. The second-order valence-corrected chi connectivity index (χ2v) is 8.09. The third-order valence-electron chi connectivity index (χ3n) is 3.84. The lowest BCUT2D eigenvalue weighted by Gasteiger charge is -2.28. The molecule has 0 atom stereocenters. The van der Waals surface area contributed by atoms with Crippen LogP contribution in [0, 0.1) is 10.8 Å². The third-order valence-corrected chi connectivity index (χ3v) is 3.84. The fourth-order valence-corrected chi connectivity index (χ4v) is 2.11. The van der Waals surface area contributed by atoms with Gasteiger partial charge in [0.1, 0.15) is 12.2 Å². The summed E-state index contributed by atoms with van der Waals surface area (Å²) in [6, 6.07) is 0. The average Bonchev–Trinajstić information content (AvgIpc) is 2.52. The summed E-state index contributed by atoms with van der Waals surface area (Å²) in [5.41, 5.74) is -0.419. The van der Waals surface area contributed by atoms with E-state index < -0.39 is 5.91 Å². The molecule has 0 radical (unpaired) electrons. The van der Waals surface area contributed by atoms with Crippen LogP contribution in [0.5, 0.6) is 0 Å². The molecule has 0 aliphatic carbocycles. The molecule has 7 heteroatoms. The summed E-state index contributed by atoms with van der Waals surface area (Å²) in [6.07, 6.45) is 2.99. The summed E-state index contributed by atoms with van der Waals surface area (Å²) in [4.78, 5) is 45.4. The van der Waals surface area contributed by atoms with Crippen LogP contribution in [0.4, 0.5) is 0 Å². The first kappa shape index (κ1) is 24.0. The minimum atomic E-state index is -0.420. The molecule has 0 aliphatic heterocycles. The van der Waals surface area contributed by atoms with Crippen molar-refractivity contribution in [2.45, 2.75) is 47.0 Å². The van der Waals surface area contributed by atoms with E-state index in [4.69, 9.17) is 4.74 Å². The molecular weight excluding hydrogens is 336 g/mol. The largest absolute Gasteiger partial charge is 0.380 e. The third kappa shape index (κ3) is 11.6. The van der Waals surface area contributed by atoms with Crippen molar-refractivity contribution in [1.29, 1.82) is 0 Å². The second kappa shape index (κ2) is 11.6. The predicted octanol–water partition coefficient (Wildman–Crippen LogP) is 1.39. The van der Waals surface area contributed by atoms with Gasteiger partial charge in [-0.05, 0) is 11.8 Å². The Hall–Kier alpha value is -1.98. The summed E-state index contributed by atoms with van der Waals surface area (Å²) >= 11 is 0. The van der Waals surface area contributed by atoms with Crippen LogP contribution in [-0.2, 0) is 23.9 Å². The van der Waals surface area contributed by atoms with E-state index in [-0.39, 0.29) is 16.7 Å². The van der Waals surface area contributed by atoms with Crippen molar-refractivity contribution in [3.8, 4) is 0 Å². The summed E-state index contributed by atoms with van der Waals surface area (Å²) in [5, 5.41) is 2.88. The molecule has 2 amide bonds. The Kier molecular flexibility index (Phi) is 10.7. The van der Waals surface area contributed by atoms with Crippen molar-refractivity contribution in [3.63, 3.8) is 0 Å². The minimum absolute atomic E-state index is 0.0915. The number of ether oxygens (including phenoxy) is 1. The first-order valence-corrected chi connectivity index (χ1v) is 8.77. The molecule has 0 aromatic heterocycles. The van der Waals surface area contributed by atoms with Gasteiger partial charge in [0.25, 0.3) is 5.91 Å². The molecular formula is C19H32N2O5. The maximum atomic E-state index is 11.9. The van der Waals surface area contributed by atoms with Gasteiger partial charge in [-0.25, -0.2) is 4.79 Å². The molecule has 148 valence electrons. The molecule has 0 unspecified atom stereocenters. The SMILES string of the molecule is CN(CCCC(=O)NCC(C)(C)COCC(C)(C)CC=O)C(=O)C=C=O. The number of carbonyl (C=O) groups is 3. The summed E-state index contributed by atoms with van der Waals surface area (Å²) in [6.45, 7) is 9.77. The lowest BCUT2D eigenvalue weighted by molar-refractivity contribution is -0.126. The second-order valence-electron chi connectivity index (χ2n) is 8.09. The van der Waals surface area contributed by atoms with Gasteiger partial charge in [0.15, 0.2) is 0 Å². The molecule has 0 fully saturated rings. The lowest BCUT2D eigenvalue weighted by Crippen LogP contribution is -2.37. The molecule has 7 nitrogen and oxygen atoms in total. The fraction of sp³-hybridized carbons (Fsp3) is 0.737. The highest BCUT2D eigenvalue weighted by molar-refractivity contribution is 5.94. The number of hydrogen-bond acceptors (Lipinski definition) is 5. The quantitative estimate of drug-likeness (QED) is 0.301. The van der Waals surface area contributed by atoms with Crippen molar-refractivity contribution in [3.05, 3.63) is 6.08 Å². The van der Waals surface area contributed by atoms with Gasteiger partial charge in [0, 0.05) is 38.4 Å². The standard InChI is InChI=1S/C19H32N2O5/c1-18(2,9-12-23)14-26-15-19(3,4)13-20-16(24)7-6-10-21(5)17(25)8-11-22/h8,12H,6-7,9-10,13-15H2,1-5H3,(H,20,24). The molecule has 0 aliphatic rings. The van der Waals surface area contributed by atoms with E-state index in [1.54, 1.807) is 7.05 Å². The average molecular weight is 368 g/mol. The van der Waals surface area contributed by atoms with E-state index in [0.29, 0.717) is 45.6 Å². The molecule has 1 N–H and O–H groups in total. The van der Waals surface area contributed by atoms with Crippen molar-refractivity contribution >= 4 is 24.0 Å². The van der Waals surface area contributed by atoms with Gasteiger partial charge in [-0.1, -0.05) is 27.7 Å². The molecule has 0 saturated carbocycles. The first-order valence-electron chi connectivity index (χ1n) is 8.77. The van der Waals surface area contributed by atoms with Gasteiger partial charge in [-0.2, -0.15) is 0 Å². The van der Waals surface area contributed by atoms with Crippen LogP contribution in [-0.4, -0.2) is 62.3 Å². The highest BCUT2D eigenvalue weighted by Crippen LogP contribution is 2.21. The maximum absolute atomic E-state index is 11.9. The fourth-order valence-electron chi connectivity index (χ4n) is 2.11. The van der Waals surface area contributed by atoms with Crippen LogP contribution >= 0.6 is 0 Å². The van der Waals surface area contributed by atoms with E-state index in [9.17, 15) is 19.2 Å². The number of nitrogens with zero attached hydrogens (tertiary/aromatic N) is 1. The van der Waals surface area contributed by atoms with E-state index in [2.05, 4.69) is 5.32 Å². The molecule has 26 heavy (non-hydrogen) atoms. The van der Waals surface area contributed by atoms with Gasteiger partial charge in [-0.15, -0.1) is 0 Å². The maximum Gasteiger partial charge on any atom is 0.257 e. The zero-order valence-electron chi connectivity index (χ0n) is 16.6. The Balaban J connectivity index is 4.07. The normalized spacial score (nSPS) is 11.4. The van der Waals surface area contributed by atoms with Crippen LogP contribution in [0.1, 0.15) is 47.0 Å². The monoisotopic (exact) mass is 368 g/mol. The smallest absolute Gasteiger partial charge is 0.257 e. The van der Waals surface area contributed by atoms with E-state index in [1.165, 1.54) is 10.8 Å². The van der Waals surface area contributed by atoms with Crippen LogP contribution in [0.3, 0.4) is 0 Å². The molecule has 0 rings (SSSR count). The number of aldehydes is 1. The van der Waals surface area contributed by atoms with Gasteiger partial charge in [0.05, 0.1) is 19.3 Å². The molecule has 0 bridgehead atoms. The number of carbonyl (C=O) groups excluding carboxylic acids is 4. The summed E-state index contributed by atoms with van der Waals surface area (Å²) in [7, 11) is 1.57. The van der Waals surface area contributed by atoms with E-state index in [0.717, 1.165) is 12.4 Å². The number of hydrogen-bond donors (Lipinski definition) is 1. The summed E-state index contributed by atoms with van der Waals surface area (Å²) < 4.78 is 5.72. The molecule has 0 saturated heterocycles. The van der Waals surface area contributed by atoms with Crippen molar-refractivity contribution < 1.29 is 23.9 Å². The van der Waals surface area contributed by atoms with Crippen LogP contribution in [0.2, 0.25) is 0 Å².